The Balaban J connectivity index is 3.15. The van der Waals surface area contributed by atoms with E-state index < -0.39 is 0 Å². The Morgan fingerprint density at radius 3 is 1.00 bits per heavy atom. The maximum atomic E-state index is 4.01. The molecule has 0 aromatic carbocycles. The highest BCUT2D eigenvalue weighted by molar-refractivity contribution is 4.61. The second-order valence-corrected chi connectivity index (χ2v) is 10.5. The molecule has 0 N–H and O–H groups in total. The monoisotopic (exact) mass is 435 g/mol. The van der Waals surface area contributed by atoms with Crippen molar-refractivity contribution in [2.24, 2.45) is 5.92 Å². The molecule has 1 unspecified atom stereocenters. The van der Waals surface area contributed by atoms with Gasteiger partial charge in [0.05, 0.1) is 0 Å². The van der Waals surface area contributed by atoms with Gasteiger partial charge in [-0.2, -0.15) is 0 Å². The third-order valence-electron chi connectivity index (χ3n) is 7.28. The van der Waals surface area contributed by atoms with Gasteiger partial charge in [0.25, 0.3) is 0 Å². The van der Waals surface area contributed by atoms with Crippen molar-refractivity contribution in [2.45, 2.75) is 187 Å². The molecule has 0 amide bonds. The maximum absolute atomic E-state index is 4.01. The van der Waals surface area contributed by atoms with Crippen molar-refractivity contribution >= 4 is 0 Å². The van der Waals surface area contributed by atoms with Gasteiger partial charge < -0.3 is 0 Å². The van der Waals surface area contributed by atoms with Gasteiger partial charge in [-0.3, -0.25) is 0 Å². The maximum Gasteiger partial charge on any atom is -0.0414 e. The molecule has 0 spiro atoms. The predicted molar refractivity (Wildman–Crippen MR) is 145 cm³/mol. The minimum atomic E-state index is 0.993. The van der Waals surface area contributed by atoms with Gasteiger partial charge in [-0.1, -0.05) is 194 Å². The second-order valence-electron chi connectivity index (χ2n) is 10.5. The summed E-state index contributed by atoms with van der Waals surface area (Å²) in [5.41, 5.74) is 0. The number of hydrogen-bond donors (Lipinski definition) is 0. The molecule has 0 rings (SSSR count). The smallest absolute Gasteiger partial charge is 0.0414 e. The quantitative estimate of drug-likeness (QED) is 0.112. The molecule has 187 valence electrons. The zero-order chi connectivity index (χ0) is 22.7. The van der Waals surface area contributed by atoms with E-state index in [1.807, 2.05) is 0 Å². The molecule has 0 aliphatic heterocycles. The van der Waals surface area contributed by atoms with Crippen LogP contribution in [-0.2, 0) is 0 Å². The fourth-order valence-corrected chi connectivity index (χ4v) is 5.14. The lowest BCUT2D eigenvalue weighted by Gasteiger charge is -2.15. The van der Waals surface area contributed by atoms with Gasteiger partial charge in [-0.25, -0.2) is 0 Å². The Hall–Kier alpha value is 0. The Kier molecular flexibility index (Phi) is 28.0. The fraction of sp³-hybridized carbons (Fsp3) is 0.968. The molecular weight excluding hydrogens is 372 g/mol. The summed E-state index contributed by atoms with van der Waals surface area (Å²) < 4.78 is 0. The molecule has 31 heavy (non-hydrogen) atoms. The molecule has 0 saturated carbocycles. The standard InChI is InChI=1S/C31H63/c1-4-7-9-10-11-12-13-14-15-16-17-18-19-20-21-22-23-24-25-26-27-30-31(28-6-3)29-8-5-2/h31H,2,4-30H2,1,3H3. The van der Waals surface area contributed by atoms with Crippen LogP contribution in [0.4, 0.5) is 0 Å². The third kappa shape index (κ3) is 26.1. The highest BCUT2D eigenvalue weighted by Gasteiger charge is 2.06. The van der Waals surface area contributed by atoms with Crippen molar-refractivity contribution in [3.05, 3.63) is 6.92 Å². The molecule has 0 aliphatic carbocycles. The van der Waals surface area contributed by atoms with Gasteiger partial charge in [0.15, 0.2) is 0 Å². The highest BCUT2D eigenvalue weighted by Crippen LogP contribution is 2.22. The van der Waals surface area contributed by atoms with Crippen LogP contribution in [0, 0.1) is 12.8 Å². The van der Waals surface area contributed by atoms with Crippen LogP contribution in [0.3, 0.4) is 0 Å². The van der Waals surface area contributed by atoms with E-state index in [4.69, 9.17) is 0 Å². The van der Waals surface area contributed by atoms with Crippen molar-refractivity contribution in [1.82, 2.24) is 0 Å². The molecule has 0 heterocycles. The first-order valence-electron chi connectivity index (χ1n) is 15.1. The van der Waals surface area contributed by atoms with Crippen LogP contribution in [0.1, 0.15) is 187 Å². The Morgan fingerprint density at radius 2 is 0.677 bits per heavy atom. The summed E-state index contributed by atoms with van der Waals surface area (Å²) in [6, 6.07) is 0. The second kappa shape index (κ2) is 28.0. The molecule has 0 saturated heterocycles. The summed E-state index contributed by atoms with van der Waals surface area (Å²) >= 11 is 0. The van der Waals surface area contributed by atoms with Crippen LogP contribution < -0.4 is 0 Å². The lowest BCUT2D eigenvalue weighted by atomic mass is 9.91. The van der Waals surface area contributed by atoms with Gasteiger partial charge in [-0.05, 0) is 5.92 Å². The van der Waals surface area contributed by atoms with Crippen molar-refractivity contribution in [3.8, 4) is 0 Å². The largest absolute Gasteiger partial charge is 0.0654 e. The molecule has 1 atom stereocenters. The predicted octanol–water partition coefficient (Wildman–Crippen LogP) is 12.0. The van der Waals surface area contributed by atoms with Gasteiger partial charge in [-0.15, -0.1) is 0 Å². The first-order valence-corrected chi connectivity index (χ1v) is 15.1. The molecule has 0 bridgehead atoms. The lowest BCUT2D eigenvalue weighted by molar-refractivity contribution is 0.385. The Bertz CT molecular complexity index is 294. The number of hydrogen-bond acceptors (Lipinski definition) is 0. The third-order valence-corrected chi connectivity index (χ3v) is 7.28. The molecular formula is C31H63. The summed E-state index contributed by atoms with van der Waals surface area (Å²) in [4.78, 5) is 0. The van der Waals surface area contributed by atoms with Crippen LogP contribution in [-0.4, -0.2) is 0 Å². The highest BCUT2D eigenvalue weighted by atomic mass is 14.1. The average Bonchev–Trinajstić information content (AvgIpc) is 2.78. The molecule has 0 aliphatic rings. The van der Waals surface area contributed by atoms with E-state index in [-0.39, 0.29) is 0 Å². The molecule has 0 heteroatoms. The Labute approximate surface area is 200 Å². The summed E-state index contributed by atoms with van der Waals surface area (Å²) in [7, 11) is 0. The van der Waals surface area contributed by atoms with Gasteiger partial charge in [0.1, 0.15) is 0 Å². The summed E-state index contributed by atoms with van der Waals surface area (Å²) in [6.07, 6.45) is 39.2. The first kappa shape index (κ1) is 31.0. The average molecular weight is 436 g/mol. The van der Waals surface area contributed by atoms with Gasteiger partial charge in [0.2, 0.25) is 0 Å². The van der Waals surface area contributed by atoms with Crippen molar-refractivity contribution in [2.75, 3.05) is 0 Å². The molecule has 0 nitrogen and oxygen atoms in total. The van der Waals surface area contributed by atoms with E-state index in [1.54, 1.807) is 0 Å². The Morgan fingerprint density at radius 1 is 0.355 bits per heavy atom. The SMILES string of the molecule is [CH2]CCCC(CCC)CCCCCCCCCCCCCCCCCCCCCCC. The first-order chi connectivity index (χ1) is 15.3. The van der Waals surface area contributed by atoms with Gasteiger partial charge >= 0.3 is 0 Å². The normalized spacial score (nSPS) is 12.5. The lowest BCUT2D eigenvalue weighted by Crippen LogP contribution is -2.00. The van der Waals surface area contributed by atoms with E-state index >= 15 is 0 Å². The summed E-state index contributed by atoms with van der Waals surface area (Å²) in [6.45, 7) is 8.66. The van der Waals surface area contributed by atoms with E-state index in [1.165, 1.54) is 167 Å². The van der Waals surface area contributed by atoms with Crippen LogP contribution >= 0.6 is 0 Å². The van der Waals surface area contributed by atoms with Crippen LogP contribution in [0.25, 0.3) is 0 Å². The number of unbranched alkanes of at least 4 members (excludes halogenated alkanes) is 21. The molecule has 0 aromatic rings. The summed E-state index contributed by atoms with van der Waals surface area (Å²) in [5, 5.41) is 0. The molecule has 1 radical (unpaired) electrons. The minimum Gasteiger partial charge on any atom is -0.0654 e. The zero-order valence-corrected chi connectivity index (χ0v) is 22.4. The van der Waals surface area contributed by atoms with E-state index in [0.717, 1.165) is 12.3 Å². The fourth-order valence-electron chi connectivity index (χ4n) is 5.14. The molecule has 0 fully saturated rings. The number of rotatable bonds is 27. The van der Waals surface area contributed by atoms with Crippen LogP contribution in [0.15, 0.2) is 0 Å². The summed E-state index contributed by atoms with van der Waals surface area (Å²) in [5.74, 6) is 0.993. The van der Waals surface area contributed by atoms with Crippen LogP contribution in [0.2, 0.25) is 0 Å². The van der Waals surface area contributed by atoms with Crippen molar-refractivity contribution in [1.29, 1.82) is 0 Å². The van der Waals surface area contributed by atoms with Crippen molar-refractivity contribution in [3.63, 3.8) is 0 Å². The van der Waals surface area contributed by atoms with E-state index in [2.05, 4.69) is 20.8 Å². The van der Waals surface area contributed by atoms with E-state index in [9.17, 15) is 0 Å². The topological polar surface area (TPSA) is 0 Å². The van der Waals surface area contributed by atoms with E-state index in [0.29, 0.717) is 0 Å². The van der Waals surface area contributed by atoms with Crippen molar-refractivity contribution < 1.29 is 0 Å². The minimum absolute atomic E-state index is 0.993. The zero-order valence-electron chi connectivity index (χ0n) is 22.4. The van der Waals surface area contributed by atoms with Crippen LogP contribution in [0.5, 0.6) is 0 Å². The molecule has 0 aromatic heterocycles. The van der Waals surface area contributed by atoms with Gasteiger partial charge in [0, 0.05) is 0 Å².